The van der Waals surface area contributed by atoms with Crippen molar-refractivity contribution in [2.45, 2.75) is 59.5 Å². The van der Waals surface area contributed by atoms with Gasteiger partial charge in [0.25, 0.3) is 0 Å². The Morgan fingerprint density at radius 2 is 1.93 bits per heavy atom. The Hall–Kier alpha value is -0.570. The van der Waals surface area contributed by atoms with Gasteiger partial charge in [-0.15, -0.1) is 0 Å². The van der Waals surface area contributed by atoms with Crippen molar-refractivity contribution in [3.8, 4) is 0 Å². The number of aliphatic hydroxyl groups excluding tert-OH is 1. The van der Waals surface area contributed by atoms with Crippen LogP contribution in [-0.2, 0) is 4.79 Å². The van der Waals surface area contributed by atoms with Gasteiger partial charge in [0.15, 0.2) is 0 Å². The number of carbonyl (C=O) groups is 1. The number of rotatable bonds is 6. The van der Waals surface area contributed by atoms with Crippen LogP contribution in [0, 0.1) is 11.3 Å². The highest BCUT2D eigenvalue weighted by atomic mass is 16.3. The summed E-state index contributed by atoms with van der Waals surface area (Å²) in [5.41, 5.74) is 5.00. The zero-order valence-corrected chi connectivity index (χ0v) is 10.4. The van der Waals surface area contributed by atoms with Gasteiger partial charge >= 0.3 is 0 Å². The summed E-state index contributed by atoms with van der Waals surface area (Å²) in [5, 5.41) is 9.87. The highest BCUT2D eigenvalue weighted by molar-refractivity contribution is 5.73. The first-order valence-corrected chi connectivity index (χ1v) is 5.70. The first-order chi connectivity index (χ1) is 6.73. The molecule has 15 heavy (non-hydrogen) atoms. The molecule has 0 aromatic rings. The molecule has 0 bridgehead atoms. The second-order valence-corrected chi connectivity index (χ2v) is 5.58. The Labute approximate surface area is 93.0 Å². The third-order valence-corrected chi connectivity index (χ3v) is 2.75. The standard InChI is InChI=1S/C12H25NO2/c1-9(6-5-7-11(13)15)8-10(14)12(2,3)4/h9-10,14H,5-8H2,1-4H3,(H2,13,15)/t9-,10+/m0/s1. The van der Waals surface area contributed by atoms with E-state index in [4.69, 9.17) is 5.73 Å². The molecule has 3 N–H and O–H groups in total. The Kier molecular flexibility index (Phi) is 5.88. The second kappa shape index (κ2) is 6.11. The summed E-state index contributed by atoms with van der Waals surface area (Å²) >= 11 is 0. The molecule has 0 spiro atoms. The molecule has 1 amide bonds. The molecule has 0 fully saturated rings. The molecule has 0 saturated heterocycles. The zero-order valence-electron chi connectivity index (χ0n) is 10.4. The number of hydrogen-bond acceptors (Lipinski definition) is 2. The lowest BCUT2D eigenvalue weighted by atomic mass is 9.83. The smallest absolute Gasteiger partial charge is 0.217 e. The molecule has 0 aromatic heterocycles. The van der Waals surface area contributed by atoms with Gasteiger partial charge in [0, 0.05) is 6.42 Å². The van der Waals surface area contributed by atoms with Crippen molar-refractivity contribution in [1.82, 2.24) is 0 Å². The van der Waals surface area contributed by atoms with Gasteiger partial charge in [-0.3, -0.25) is 4.79 Å². The van der Waals surface area contributed by atoms with Crippen molar-refractivity contribution in [1.29, 1.82) is 0 Å². The Morgan fingerprint density at radius 3 is 2.33 bits per heavy atom. The van der Waals surface area contributed by atoms with E-state index >= 15 is 0 Å². The summed E-state index contributed by atoms with van der Waals surface area (Å²) in [6.07, 6.45) is 2.75. The summed E-state index contributed by atoms with van der Waals surface area (Å²) in [4.78, 5) is 10.5. The maximum atomic E-state index is 10.5. The highest BCUT2D eigenvalue weighted by Crippen LogP contribution is 2.26. The van der Waals surface area contributed by atoms with Crippen LogP contribution in [0.3, 0.4) is 0 Å². The number of primary amides is 1. The third kappa shape index (κ3) is 7.37. The first kappa shape index (κ1) is 14.4. The van der Waals surface area contributed by atoms with Crippen LogP contribution >= 0.6 is 0 Å². The fraction of sp³-hybridized carbons (Fsp3) is 0.917. The molecule has 3 heteroatoms. The third-order valence-electron chi connectivity index (χ3n) is 2.75. The van der Waals surface area contributed by atoms with Crippen molar-refractivity contribution in [2.24, 2.45) is 17.1 Å². The molecule has 0 rings (SSSR count). The minimum atomic E-state index is -0.277. The van der Waals surface area contributed by atoms with Crippen LogP contribution < -0.4 is 5.73 Å². The monoisotopic (exact) mass is 215 g/mol. The molecule has 2 atom stereocenters. The molecule has 0 radical (unpaired) electrons. The van der Waals surface area contributed by atoms with Crippen LogP contribution in [0.2, 0.25) is 0 Å². The lowest BCUT2D eigenvalue weighted by Crippen LogP contribution is -2.27. The number of hydrogen-bond donors (Lipinski definition) is 2. The van der Waals surface area contributed by atoms with E-state index in [0.29, 0.717) is 12.3 Å². The van der Waals surface area contributed by atoms with Crippen molar-refractivity contribution in [2.75, 3.05) is 0 Å². The maximum absolute atomic E-state index is 10.5. The van der Waals surface area contributed by atoms with Crippen LogP contribution in [0.5, 0.6) is 0 Å². The van der Waals surface area contributed by atoms with Gasteiger partial charge in [-0.05, 0) is 24.2 Å². The van der Waals surface area contributed by atoms with E-state index in [1.54, 1.807) is 0 Å². The molecule has 90 valence electrons. The van der Waals surface area contributed by atoms with E-state index in [1.807, 2.05) is 20.8 Å². The van der Waals surface area contributed by atoms with E-state index in [0.717, 1.165) is 19.3 Å². The molecule has 0 aromatic carbocycles. The number of nitrogens with two attached hydrogens (primary N) is 1. The van der Waals surface area contributed by atoms with E-state index in [2.05, 4.69) is 6.92 Å². The van der Waals surface area contributed by atoms with Gasteiger partial charge in [-0.25, -0.2) is 0 Å². The summed E-state index contributed by atoms with van der Waals surface area (Å²) in [6, 6.07) is 0. The summed E-state index contributed by atoms with van der Waals surface area (Å²) in [7, 11) is 0. The van der Waals surface area contributed by atoms with Gasteiger partial charge in [0.05, 0.1) is 6.10 Å². The van der Waals surface area contributed by atoms with Gasteiger partial charge in [0.2, 0.25) is 5.91 Å². The average molecular weight is 215 g/mol. The number of aliphatic hydroxyl groups is 1. The average Bonchev–Trinajstić information content (AvgIpc) is 2.01. The predicted octanol–water partition coefficient (Wildman–Crippen LogP) is 2.08. The quantitative estimate of drug-likeness (QED) is 0.712. The summed E-state index contributed by atoms with van der Waals surface area (Å²) < 4.78 is 0. The SMILES string of the molecule is C[C@@H](CCCC(N)=O)C[C@@H](O)C(C)(C)C. The highest BCUT2D eigenvalue weighted by Gasteiger charge is 2.23. The van der Waals surface area contributed by atoms with Gasteiger partial charge in [-0.2, -0.15) is 0 Å². The number of amides is 1. The summed E-state index contributed by atoms with van der Waals surface area (Å²) in [5.74, 6) is 0.206. The Bertz CT molecular complexity index is 196. The van der Waals surface area contributed by atoms with Gasteiger partial charge in [0.1, 0.15) is 0 Å². The molecule has 0 aliphatic carbocycles. The minimum Gasteiger partial charge on any atom is -0.393 e. The minimum absolute atomic E-state index is 0.0576. The molecule has 0 aliphatic heterocycles. The van der Waals surface area contributed by atoms with Crippen molar-refractivity contribution < 1.29 is 9.90 Å². The van der Waals surface area contributed by atoms with Crippen LogP contribution in [0.25, 0.3) is 0 Å². The largest absolute Gasteiger partial charge is 0.393 e. The lowest BCUT2D eigenvalue weighted by Gasteiger charge is -2.28. The lowest BCUT2D eigenvalue weighted by molar-refractivity contribution is -0.118. The molecule has 0 unspecified atom stereocenters. The first-order valence-electron chi connectivity index (χ1n) is 5.70. The topological polar surface area (TPSA) is 63.3 Å². The predicted molar refractivity (Wildman–Crippen MR) is 62.3 cm³/mol. The van der Waals surface area contributed by atoms with Crippen molar-refractivity contribution in [3.05, 3.63) is 0 Å². The molecular formula is C12H25NO2. The molecule has 3 nitrogen and oxygen atoms in total. The zero-order chi connectivity index (χ0) is 12.1. The molecule has 0 saturated carbocycles. The fourth-order valence-corrected chi connectivity index (χ4v) is 1.48. The molecule has 0 heterocycles. The van der Waals surface area contributed by atoms with Crippen LogP contribution in [0.15, 0.2) is 0 Å². The Balaban J connectivity index is 3.74. The van der Waals surface area contributed by atoms with E-state index in [1.165, 1.54) is 0 Å². The maximum Gasteiger partial charge on any atom is 0.217 e. The number of carbonyl (C=O) groups excluding carboxylic acids is 1. The van der Waals surface area contributed by atoms with E-state index in [-0.39, 0.29) is 17.4 Å². The second-order valence-electron chi connectivity index (χ2n) is 5.58. The normalized spacial score (nSPS) is 16.1. The van der Waals surface area contributed by atoms with Crippen molar-refractivity contribution in [3.63, 3.8) is 0 Å². The fourth-order valence-electron chi connectivity index (χ4n) is 1.48. The van der Waals surface area contributed by atoms with Gasteiger partial charge in [-0.1, -0.05) is 34.1 Å². The van der Waals surface area contributed by atoms with Gasteiger partial charge < -0.3 is 10.8 Å². The van der Waals surface area contributed by atoms with Crippen molar-refractivity contribution >= 4 is 5.91 Å². The summed E-state index contributed by atoms with van der Waals surface area (Å²) in [6.45, 7) is 8.21. The molecule has 0 aliphatic rings. The van der Waals surface area contributed by atoms with Crippen LogP contribution in [0.1, 0.15) is 53.4 Å². The van der Waals surface area contributed by atoms with E-state index < -0.39 is 0 Å². The van der Waals surface area contributed by atoms with Crippen LogP contribution in [0.4, 0.5) is 0 Å². The van der Waals surface area contributed by atoms with E-state index in [9.17, 15) is 9.90 Å². The van der Waals surface area contributed by atoms with Crippen LogP contribution in [-0.4, -0.2) is 17.1 Å². The Morgan fingerprint density at radius 1 is 1.40 bits per heavy atom. The molecular weight excluding hydrogens is 190 g/mol.